The molecule has 152 valence electrons. The minimum Gasteiger partial charge on any atom is -0.349 e. The van der Waals surface area contributed by atoms with Gasteiger partial charge >= 0.3 is 0 Å². The highest BCUT2D eigenvalue weighted by Crippen LogP contribution is 2.35. The summed E-state index contributed by atoms with van der Waals surface area (Å²) in [5.74, 6) is 0.946. The summed E-state index contributed by atoms with van der Waals surface area (Å²) in [7, 11) is 0. The van der Waals surface area contributed by atoms with Crippen LogP contribution in [0.2, 0.25) is 0 Å². The molecular weight excluding hydrogens is 392 g/mol. The molecule has 0 radical (unpaired) electrons. The van der Waals surface area contributed by atoms with Crippen LogP contribution in [-0.4, -0.2) is 26.5 Å². The van der Waals surface area contributed by atoms with Crippen LogP contribution in [0.25, 0.3) is 22.6 Å². The standard InChI is InChI=1S/C24H24N4OS/c1-16-12-13-22(30-16)24(29)26-17-7-6-8-18(15-17)28-21-11-3-2-9-19(21)27-23(28)20-10-4-5-14-25-20/h2-5,9-14,17-18H,6-8,15H2,1H3,(H,26,29)/t17-,18+/m1/s1. The molecule has 0 aliphatic heterocycles. The van der Waals surface area contributed by atoms with Gasteiger partial charge in [0.05, 0.1) is 15.9 Å². The van der Waals surface area contributed by atoms with Gasteiger partial charge in [-0.05, 0) is 69.0 Å². The molecule has 6 heteroatoms. The fraction of sp³-hybridized carbons (Fsp3) is 0.292. The number of benzene rings is 1. The maximum absolute atomic E-state index is 12.7. The van der Waals surface area contributed by atoms with E-state index in [1.165, 1.54) is 0 Å². The summed E-state index contributed by atoms with van der Waals surface area (Å²) in [6.45, 7) is 2.03. The van der Waals surface area contributed by atoms with Gasteiger partial charge in [0.1, 0.15) is 5.69 Å². The lowest BCUT2D eigenvalue weighted by Gasteiger charge is -2.31. The van der Waals surface area contributed by atoms with E-state index in [2.05, 4.69) is 33.1 Å². The van der Waals surface area contributed by atoms with E-state index in [1.807, 2.05) is 49.5 Å². The Labute approximate surface area is 179 Å². The van der Waals surface area contributed by atoms with Gasteiger partial charge in [0.25, 0.3) is 5.91 Å². The number of hydrogen-bond donors (Lipinski definition) is 1. The van der Waals surface area contributed by atoms with Crippen molar-refractivity contribution in [1.82, 2.24) is 19.9 Å². The lowest BCUT2D eigenvalue weighted by atomic mass is 9.90. The first-order valence-electron chi connectivity index (χ1n) is 10.4. The molecule has 1 aliphatic carbocycles. The van der Waals surface area contributed by atoms with E-state index in [-0.39, 0.29) is 18.0 Å². The van der Waals surface area contributed by atoms with Gasteiger partial charge < -0.3 is 9.88 Å². The third-order valence-electron chi connectivity index (χ3n) is 5.80. The van der Waals surface area contributed by atoms with Crippen LogP contribution in [0.15, 0.2) is 60.8 Å². The van der Waals surface area contributed by atoms with E-state index < -0.39 is 0 Å². The number of aromatic nitrogens is 3. The van der Waals surface area contributed by atoms with Gasteiger partial charge in [0.15, 0.2) is 5.82 Å². The first-order chi connectivity index (χ1) is 14.7. The topological polar surface area (TPSA) is 59.8 Å². The molecule has 4 aromatic rings. The van der Waals surface area contributed by atoms with Gasteiger partial charge in [-0.2, -0.15) is 0 Å². The van der Waals surface area contributed by atoms with Crippen molar-refractivity contribution >= 4 is 28.3 Å². The van der Waals surface area contributed by atoms with E-state index in [0.717, 1.165) is 58.0 Å². The number of hydrogen-bond acceptors (Lipinski definition) is 4. The average Bonchev–Trinajstić information content (AvgIpc) is 3.38. The zero-order valence-electron chi connectivity index (χ0n) is 16.9. The van der Waals surface area contributed by atoms with Crippen molar-refractivity contribution in [3.05, 3.63) is 70.5 Å². The molecule has 3 aromatic heterocycles. The minimum atomic E-state index is 0.0409. The summed E-state index contributed by atoms with van der Waals surface area (Å²) in [5, 5.41) is 3.27. The van der Waals surface area contributed by atoms with Gasteiger partial charge in [-0.3, -0.25) is 9.78 Å². The quantitative estimate of drug-likeness (QED) is 0.486. The Hall–Kier alpha value is -2.99. The Kier molecular flexibility index (Phi) is 5.09. The van der Waals surface area contributed by atoms with Gasteiger partial charge in [0.2, 0.25) is 0 Å². The number of aryl methyl sites for hydroxylation is 1. The second-order valence-corrected chi connectivity index (χ2v) is 9.20. The number of imidazole rings is 1. The van der Waals surface area contributed by atoms with Gasteiger partial charge in [0, 0.05) is 23.2 Å². The summed E-state index contributed by atoms with van der Waals surface area (Å²) < 4.78 is 2.34. The number of rotatable bonds is 4. The molecular formula is C24H24N4OS. The number of nitrogens with one attached hydrogen (secondary N) is 1. The Morgan fingerprint density at radius 3 is 2.77 bits per heavy atom. The molecule has 5 nitrogen and oxygen atoms in total. The van der Waals surface area contributed by atoms with Crippen molar-refractivity contribution in [3.8, 4) is 11.5 Å². The van der Waals surface area contributed by atoms with E-state index >= 15 is 0 Å². The second-order valence-electron chi connectivity index (χ2n) is 7.91. The highest BCUT2D eigenvalue weighted by atomic mass is 32.1. The summed E-state index contributed by atoms with van der Waals surface area (Å²) in [5.41, 5.74) is 3.00. The molecule has 3 heterocycles. The van der Waals surface area contributed by atoms with Crippen molar-refractivity contribution < 1.29 is 4.79 Å². The zero-order valence-corrected chi connectivity index (χ0v) is 17.7. The monoisotopic (exact) mass is 416 g/mol. The Bertz CT molecular complexity index is 1180. The fourth-order valence-electron chi connectivity index (χ4n) is 4.43. The molecule has 0 unspecified atom stereocenters. The maximum Gasteiger partial charge on any atom is 0.261 e. The largest absolute Gasteiger partial charge is 0.349 e. The summed E-state index contributed by atoms with van der Waals surface area (Å²) in [4.78, 5) is 24.1. The van der Waals surface area contributed by atoms with Crippen LogP contribution in [0.1, 0.15) is 46.3 Å². The van der Waals surface area contributed by atoms with Gasteiger partial charge in [-0.1, -0.05) is 18.2 Å². The highest BCUT2D eigenvalue weighted by Gasteiger charge is 2.28. The predicted molar refractivity (Wildman–Crippen MR) is 121 cm³/mol. The second kappa shape index (κ2) is 8.03. The molecule has 1 saturated carbocycles. The Balaban J connectivity index is 1.45. The van der Waals surface area contributed by atoms with Crippen molar-refractivity contribution in [2.75, 3.05) is 0 Å². The number of fused-ring (bicyclic) bond motifs is 1. The molecule has 1 N–H and O–H groups in total. The van der Waals surface area contributed by atoms with Crippen LogP contribution in [0, 0.1) is 6.92 Å². The molecule has 0 saturated heterocycles. The zero-order chi connectivity index (χ0) is 20.5. The molecule has 1 aliphatic rings. The van der Waals surface area contributed by atoms with Crippen molar-refractivity contribution in [3.63, 3.8) is 0 Å². The molecule has 0 bridgehead atoms. The number of para-hydroxylation sites is 2. The first-order valence-corrected chi connectivity index (χ1v) is 11.3. The van der Waals surface area contributed by atoms with Crippen LogP contribution in [0.3, 0.4) is 0 Å². The predicted octanol–water partition coefficient (Wildman–Crippen LogP) is 5.38. The molecule has 1 aromatic carbocycles. The molecule has 0 spiro atoms. The van der Waals surface area contributed by atoms with Crippen LogP contribution in [0.5, 0.6) is 0 Å². The number of nitrogens with zero attached hydrogens (tertiary/aromatic N) is 3. The van der Waals surface area contributed by atoms with Crippen LogP contribution < -0.4 is 5.32 Å². The number of amides is 1. The summed E-state index contributed by atoms with van der Waals surface area (Å²) in [6, 6.07) is 18.6. The van der Waals surface area contributed by atoms with Crippen molar-refractivity contribution in [2.24, 2.45) is 0 Å². The van der Waals surface area contributed by atoms with E-state index in [4.69, 9.17) is 4.98 Å². The van der Waals surface area contributed by atoms with E-state index in [0.29, 0.717) is 0 Å². The number of carbonyl (C=O) groups excluding carboxylic acids is 1. The molecule has 1 amide bonds. The maximum atomic E-state index is 12.7. The Morgan fingerprint density at radius 1 is 1.10 bits per heavy atom. The molecule has 5 rings (SSSR count). The van der Waals surface area contributed by atoms with Crippen LogP contribution in [-0.2, 0) is 0 Å². The lowest BCUT2D eigenvalue weighted by molar-refractivity contribution is 0.0925. The summed E-state index contributed by atoms with van der Waals surface area (Å²) >= 11 is 1.55. The Morgan fingerprint density at radius 2 is 1.97 bits per heavy atom. The number of pyridine rings is 1. The summed E-state index contributed by atoms with van der Waals surface area (Å²) in [6.07, 6.45) is 5.87. The van der Waals surface area contributed by atoms with E-state index in [9.17, 15) is 4.79 Å². The molecule has 2 atom stereocenters. The third kappa shape index (κ3) is 3.63. The minimum absolute atomic E-state index is 0.0409. The normalized spacial score (nSPS) is 19.1. The van der Waals surface area contributed by atoms with Gasteiger partial charge in [-0.25, -0.2) is 4.98 Å². The van der Waals surface area contributed by atoms with Crippen LogP contribution >= 0.6 is 11.3 Å². The molecule has 1 fully saturated rings. The fourth-order valence-corrected chi connectivity index (χ4v) is 5.20. The number of carbonyl (C=O) groups is 1. The smallest absolute Gasteiger partial charge is 0.261 e. The SMILES string of the molecule is Cc1ccc(C(=O)N[C@@H]2CCC[C@H](n3c(-c4ccccn4)nc4ccccc43)C2)s1. The van der Waals surface area contributed by atoms with Crippen molar-refractivity contribution in [2.45, 2.75) is 44.7 Å². The first kappa shape index (κ1) is 19.0. The van der Waals surface area contributed by atoms with E-state index in [1.54, 1.807) is 11.3 Å². The number of thiophene rings is 1. The third-order valence-corrected chi connectivity index (χ3v) is 6.80. The highest BCUT2D eigenvalue weighted by molar-refractivity contribution is 7.13. The van der Waals surface area contributed by atoms with Crippen LogP contribution in [0.4, 0.5) is 0 Å². The molecule has 30 heavy (non-hydrogen) atoms. The lowest BCUT2D eigenvalue weighted by Crippen LogP contribution is -2.38. The van der Waals surface area contributed by atoms with Gasteiger partial charge in [-0.15, -0.1) is 11.3 Å². The van der Waals surface area contributed by atoms with Crippen molar-refractivity contribution in [1.29, 1.82) is 0 Å². The average molecular weight is 417 g/mol.